The summed E-state index contributed by atoms with van der Waals surface area (Å²) in [5, 5.41) is 20.3. The number of carbonyl (C=O) groups is 3. The van der Waals surface area contributed by atoms with Crippen molar-refractivity contribution in [1.82, 2.24) is 5.32 Å². The molecule has 0 bridgehead atoms. The Morgan fingerprint density at radius 2 is 1.93 bits per heavy atom. The normalized spacial score (nSPS) is 16.2. The van der Waals surface area contributed by atoms with Gasteiger partial charge in [-0.2, -0.15) is 5.26 Å². The Hall–Kier alpha value is -4.27. The molecule has 0 saturated heterocycles. The highest BCUT2D eigenvalue weighted by Gasteiger charge is 2.37. The maximum atomic E-state index is 13.6. The lowest BCUT2D eigenvalue weighted by Gasteiger charge is -2.28. The van der Waals surface area contributed by atoms with Crippen molar-refractivity contribution < 1.29 is 23.5 Å². The SMILES string of the molecule is CCOC(=O)c1c(NC(=O)CSC2=C(C#N)C(c3ccco3)C(C(=O)Nc3ccccc3C)=C(C)N2)sc2c1CCCC2. The first-order valence-electron chi connectivity index (χ1n) is 14.1. The zero-order chi connectivity index (χ0) is 30.5. The molecule has 43 heavy (non-hydrogen) atoms. The number of aryl methyl sites for hydroxylation is 2. The Labute approximate surface area is 258 Å². The summed E-state index contributed by atoms with van der Waals surface area (Å²) < 4.78 is 11.0. The van der Waals surface area contributed by atoms with Gasteiger partial charge in [0.1, 0.15) is 10.8 Å². The van der Waals surface area contributed by atoms with Gasteiger partial charge in [-0.05, 0) is 75.8 Å². The maximum absolute atomic E-state index is 13.6. The minimum atomic E-state index is -0.768. The molecule has 222 valence electrons. The average molecular weight is 617 g/mol. The number of fused-ring (bicyclic) bond motifs is 1. The number of allylic oxidation sites excluding steroid dienone is 2. The summed E-state index contributed by atoms with van der Waals surface area (Å²) in [5.41, 5.74) is 4.17. The van der Waals surface area contributed by atoms with E-state index in [1.807, 2.05) is 31.2 Å². The molecule has 1 aliphatic carbocycles. The van der Waals surface area contributed by atoms with Crippen LogP contribution in [0.2, 0.25) is 0 Å². The molecule has 3 heterocycles. The van der Waals surface area contributed by atoms with Crippen molar-refractivity contribution in [1.29, 1.82) is 5.26 Å². The lowest BCUT2D eigenvalue weighted by atomic mass is 9.85. The lowest BCUT2D eigenvalue weighted by molar-refractivity contribution is -0.114. The number of para-hydroxylation sites is 1. The van der Waals surface area contributed by atoms with E-state index in [0.29, 0.717) is 38.3 Å². The molecule has 11 heteroatoms. The fraction of sp³-hybridized carbons (Fsp3) is 0.312. The summed E-state index contributed by atoms with van der Waals surface area (Å²) in [7, 11) is 0. The summed E-state index contributed by atoms with van der Waals surface area (Å²) in [6.07, 6.45) is 5.20. The third kappa shape index (κ3) is 6.40. The van der Waals surface area contributed by atoms with Crippen molar-refractivity contribution >= 4 is 51.6 Å². The van der Waals surface area contributed by atoms with Gasteiger partial charge < -0.3 is 25.1 Å². The van der Waals surface area contributed by atoms with Gasteiger partial charge in [0.25, 0.3) is 5.91 Å². The van der Waals surface area contributed by atoms with Gasteiger partial charge in [0.15, 0.2) is 0 Å². The summed E-state index contributed by atoms with van der Waals surface area (Å²) >= 11 is 2.59. The van der Waals surface area contributed by atoms with E-state index < -0.39 is 11.9 Å². The number of nitriles is 1. The molecule has 5 rings (SSSR count). The van der Waals surface area contributed by atoms with Crippen molar-refractivity contribution in [3.63, 3.8) is 0 Å². The number of rotatable bonds is 9. The van der Waals surface area contributed by atoms with Crippen molar-refractivity contribution in [3.05, 3.63) is 91.9 Å². The molecule has 0 spiro atoms. The number of dihydropyridines is 1. The Balaban J connectivity index is 1.38. The Morgan fingerprint density at radius 3 is 2.65 bits per heavy atom. The van der Waals surface area contributed by atoms with Gasteiger partial charge in [0.2, 0.25) is 5.91 Å². The monoisotopic (exact) mass is 616 g/mol. The molecule has 0 fully saturated rings. The highest BCUT2D eigenvalue weighted by atomic mass is 32.2. The molecule has 2 aliphatic rings. The van der Waals surface area contributed by atoms with Crippen LogP contribution in [-0.2, 0) is 27.2 Å². The number of esters is 1. The predicted molar refractivity (Wildman–Crippen MR) is 168 cm³/mol. The molecule has 0 radical (unpaired) electrons. The van der Waals surface area contributed by atoms with Crippen LogP contribution in [-0.4, -0.2) is 30.1 Å². The molecule has 2 amide bonds. The largest absolute Gasteiger partial charge is 0.468 e. The van der Waals surface area contributed by atoms with Crippen LogP contribution in [0.25, 0.3) is 0 Å². The molecule has 0 saturated carbocycles. The van der Waals surface area contributed by atoms with Crippen LogP contribution in [0.5, 0.6) is 0 Å². The maximum Gasteiger partial charge on any atom is 0.341 e. The van der Waals surface area contributed by atoms with Gasteiger partial charge in [0.05, 0.1) is 52.3 Å². The van der Waals surface area contributed by atoms with Crippen molar-refractivity contribution in [2.75, 3.05) is 23.0 Å². The third-order valence-corrected chi connectivity index (χ3v) is 9.59. The van der Waals surface area contributed by atoms with E-state index in [4.69, 9.17) is 9.15 Å². The number of furan rings is 1. The van der Waals surface area contributed by atoms with Crippen LogP contribution in [0.15, 0.2) is 69.0 Å². The second-order valence-electron chi connectivity index (χ2n) is 10.2. The second-order valence-corrected chi connectivity index (χ2v) is 12.3. The Bertz CT molecular complexity index is 1660. The summed E-state index contributed by atoms with van der Waals surface area (Å²) in [4.78, 5) is 40.7. The van der Waals surface area contributed by atoms with E-state index in [2.05, 4.69) is 22.0 Å². The summed E-state index contributed by atoms with van der Waals surface area (Å²) in [6.45, 7) is 5.67. The number of thiophene rings is 1. The molecule has 9 nitrogen and oxygen atoms in total. The van der Waals surface area contributed by atoms with Crippen LogP contribution in [0.1, 0.15) is 64.7 Å². The molecular weight excluding hydrogens is 585 g/mol. The minimum absolute atomic E-state index is 0.0265. The highest BCUT2D eigenvalue weighted by molar-refractivity contribution is 8.03. The second kappa shape index (κ2) is 13.4. The van der Waals surface area contributed by atoms with Gasteiger partial charge in [-0.15, -0.1) is 11.3 Å². The van der Waals surface area contributed by atoms with E-state index in [1.54, 1.807) is 26.0 Å². The average Bonchev–Trinajstić information content (AvgIpc) is 3.65. The topological polar surface area (TPSA) is 133 Å². The molecule has 1 atom stereocenters. The van der Waals surface area contributed by atoms with Crippen LogP contribution < -0.4 is 16.0 Å². The Morgan fingerprint density at radius 1 is 1.14 bits per heavy atom. The lowest BCUT2D eigenvalue weighted by Crippen LogP contribution is -2.31. The van der Waals surface area contributed by atoms with E-state index in [1.165, 1.54) is 17.6 Å². The smallest absolute Gasteiger partial charge is 0.341 e. The molecule has 3 aromatic rings. The standard InChI is InChI=1S/C32H32N4O5S2/c1-4-40-32(39)28-20-11-6-8-14-24(20)43-31(28)36-25(37)17-42-30-21(16-33)27(23-13-9-15-41-23)26(19(3)34-30)29(38)35-22-12-7-5-10-18(22)2/h5,7,9-10,12-13,15,27,34H,4,6,8,11,14,17H2,1-3H3,(H,35,38)(H,36,37). The summed E-state index contributed by atoms with van der Waals surface area (Å²) in [5.74, 6) is -1.45. The molecular formula is C32H32N4O5S2. The highest BCUT2D eigenvalue weighted by Crippen LogP contribution is 2.42. The first kappa shape index (κ1) is 30.2. The van der Waals surface area contributed by atoms with Crippen molar-refractivity contribution in [2.24, 2.45) is 0 Å². The van der Waals surface area contributed by atoms with Gasteiger partial charge in [0, 0.05) is 16.3 Å². The number of hydrogen-bond donors (Lipinski definition) is 3. The van der Waals surface area contributed by atoms with Gasteiger partial charge >= 0.3 is 5.97 Å². The van der Waals surface area contributed by atoms with Gasteiger partial charge in [-0.25, -0.2) is 4.79 Å². The number of thioether (sulfide) groups is 1. The van der Waals surface area contributed by atoms with E-state index in [9.17, 15) is 19.6 Å². The van der Waals surface area contributed by atoms with Crippen LogP contribution in [0, 0.1) is 18.3 Å². The van der Waals surface area contributed by atoms with E-state index in [0.717, 1.165) is 53.4 Å². The number of carbonyl (C=O) groups excluding carboxylic acids is 3. The van der Waals surface area contributed by atoms with Crippen LogP contribution in [0.3, 0.4) is 0 Å². The number of benzene rings is 1. The van der Waals surface area contributed by atoms with Crippen molar-refractivity contribution in [2.45, 2.75) is 52.4 Å². The molecule has 1 aliphatic heterocycles. The molecule has 3 N–H and O–H groups in total. The number of anilines is 2. The number of nitrogens with zero attached hydrogens (tertiary/aromatic N) is 1. The quantitative estimate of drug-likeness (QED) is 0.235. The van der Waals surface area contributed by atoms with E-state index in [-0.39, 0.29) is 29.7 Å². The van der Waals surface area contributed by atoms with Gasteiger partial charge in [-0.1, -0.05) is 30.0 Å². The fourth-order valence-corrected chi connectivity index (χ4v) is 7.53. The fourth-order valence-electron chi connectivity index (χ4n) is 5.34. The first-order chi connectivity index (χ1) is 20.8. The first-order valence-corrected chi connectivity index (χ1v) is 15.9. The molecule has 1 unspecified atom stereocenters. The van der Waals surface area contributed by atoms with Crippen LogP contribution >= 0.6 is 23.1 Å². The number of hydrogen-bond acceptors (Lipinski definition) is 9. The minimum Gasteiger partial charge on any atom is -0.468 e. The number of amides is 2. The number of ether oxygens (including phenoxy) is 1. The van der Waals surface area contributed by atoms with E-state index >= 15 is 0 Å². The third-order valence-electron chi connectivity index (χ3n) is 7.36. The zero-order valence-corrected chi connectivity index (χ0v) is 25.8. The molecule has 1 aromatic carbocycles. The molecule has 2 aromatic heterocycles. The number of nitrogens with one attached hydrogen (secondary N) is 3. The Kier molecular flexibility index (Phi) is 9.38. The predicted octanol–water partition coefficient (Wildman–Crippen LogP) is 6.41. The summed E-state index contributed by atoms with van der Waals surface area (Å²) in [6, 6.07) is 13.1. The van der Waals surface area contributed by atoms with Crippen molar-refractivity contribution in [3.8, 4) is 6.07 Å². The zero-order valence-electron chi connectivity index (χ0n) is 24.2. The van der Waals surface area contributed by atoms with Gasteiger partial charge in [-0.3, -0.25) is 9.59 Å². The van der Waals surface area contributed by atoms with Crippen LogP contribution in [0.4, 0.5) is 10.7 Å².